The third-order valence-corrected chi connectivity index (χ3v) is 12.3. The first-order valence-electron chi connectivity index (χ1n) is 18.7. The Kier molecular flexibility index (Phi) is 7.64. The molecule has 56 heavy (non-hydrogen) atoms. The number of amides is 2. The lowest BCUT2D eigenvalue weighted by Gasteiger charge is -2.55. The number of ketones is 2. The fourth-order valence-electron chi connectivity index (χ4n) is 9.96. The average Bonchev–Trinajstić information content (AvgIpc) is 3.78. The van der Waals surface area contributed by atoms with Gasteiger partial charge < -0.3 is 9.52 Å². The molecule has 1 saturated heterocycles. The number of aromatic nitrogens is 1. The molecule has 0 unspecified atom stereocenters. The second-order valence-electron chi connectivity index (χ2n) is 15.0. The molecule has 1 aliphatic heterocycles. The van der Waals surface area contributed by atoms with Gasteiger partial charge in [-0.05, 0) is 90.1 Å². The molecule has 0 spiro atoms. The zero-order valence-electron chi connectivity index (χ0n) is 29.8. The number of oxazole rings is 1. The molecule has 3 aliphatic carbocycles. The number of imide groups is 1. The molecule has 5 aromatic carbocycles. The number of rotatable bonds is 5. The van der Waals surface area contributed by atoms with Crippen molar-refractivity contribution in [1.82, 2.24) is 4.98 Å². The van der Waals surface area contributed by atoms with E-state index in [1.165, 1.54) is 23.1 Å². The Balaban J connectivity index is 1.10. The molecule has 4 aliphatic rings. The summed E-state index contributed by atoms with van der Waals surface area (Å²) in [5.74, 6) is -6.29. The summed E-state index contributed by atoms with van der Waals surface area (Å²) >= 11 is 0. The highest BCUT2D eigenvalue weighted by Crippen LogP contribution is 2.64. The van der Waals surface area contributed by atoms with E-state index in [1.54, 1.807) is 54.6 Å². The maximum atomic E-state index is 15.4. The summed E-state index contributed by atoms with van der Waals surface area (Å²) in [4.78, 5) is 65.0. The van der Waals surface area contributed by atoms with Gasteiger partial charge in [-0.15, -0.1) is 0 Å². The number of aromatic hydroxyl groups is 1. The van der Waals surface area contributed by atoms with Gasteiger partial charge in [-0.3, -0.25) is 24.1 Å². The van der Waals surface area contributed by atoms with E-state index in [9.17, 15) is 14.7 Å². The Hall–Kier alpha value is -6.74. The molecule has 9 heteroatoms. The van der Waals surface area contributed by atoms with E-state index < -0.39 is 46.6 Å². The molecule has 2 amide bonds. The molecule has 1 saturated carbocycles. The standard InChI is InChI=1S/C47H33FN2O6/c48-36-23-28(17-22-38(36)51)42-31-20-21-32-41(46(55)50(45(32)54)30-18-15-27(16-19-30)44-49-37-13-7-8-14-39(37)56-44)34(31)24-35-43(53)33(26-9-3-1-4-10-26)25-40(52)47(35,42)29-11-5-2-6-12-29/h1-20,22-23,25,32,34-35,41-42,51H,21,24H2/t32-,34+,35-,41-,42-,47-/m0/s1. The van der Waals surface area contributed by atoms with Crippen molar-refractivity contribution in [3.05, 3.63) is 168 Å². The summed E-state index contributed by atoms with van der Waals surface area (Å²) in [5.41, 5.74) is 3.52. The third-order valence-electron chi connectivity index (χ3n) is 12.3. The van der Waals surface area contributed by atoms with Gasteiger partial charge in [-0.25, -0.2) is 9.37 Å². The number of para-hydroxylation sites is 2. The van der Waals surface area contributed by atoms with Crippen LogP contribution in [0, 0.1) is 29.5 Å². The van der Waals surface area contributed by atoms with Crippen molar-refractivity contribution < 1.29 is 33.1 Å². The van der Waals surface area contributed by atoms with Crippen LogP contribution in [0.1, 0.15) is 35.4 Å². The zero-order valence-corrected chi connectivity index (χ0v) is 29.8. The van der Waals surface area contributed by atoms with Crippen LogP contribution in [0.25, 0.3) is 28.1 Å². The van der Waals surface area contributed by atoms with Crippen molar-refractivity contribution in [3.63, 3.8) is 0 Å². The number of fused-ring (bicyclic) bond motifs is 5. The third kappa shape index (κ3) is 4.86. The number of halogens is 1. The lowest BCUT2D eigenvalue weighted by Crippen LogP contribution is -2.58. The number of hydrogen-bond acceptors (Lipinski definition) is 7. The molecule has 0 radical (unpaired) electrons. The van der Waals surface area contributed by atoms with Crippen LogP contribution in [0.15, 0.2) is 150 Å². The van der Waals surface area contributed by atoms with E-state index >= 15 is 14.0 Å². The van der Waals surface area contributed by atoms with E-state index in [4.69, 9.17) is 4.42 Å². The molecule has 10 rings (SSSR count). The maximum absolute atomic E-state index is 15.4. The molecule has 0 bridgehead atoms. The van der Waals surface area contributed by atoms with E-state index in [0.717, 1.165) is 0 Å². The fourth-order valence-corrected chi connectivity index (χ4v) is 9.96. The van der Waals surface area contributed by atoms with E-state index in [1.807, 2.05) is 66.7 Å². The van der Waals surface area contributed by atoms with Crippen LogP contribution >= 0.6 is 0 Å². The largest absolute Gasteiger partial charge is 0.505 e. The van der Waals surface area contributed by atoms with E-state index in [-0.39, 0.29) is 41.8 Å². The molecular formula is C47H33FN2O6. The summed E-state index contributed by atoms with van der Waals surface area (Å²) in [6.45, 7) is 0. The fraction of sp³-hybridized carbons (Fsp3) is 0.170. The Morgan fingerprint density at radius 3 is 2.21 bits per heavy atom. The molecule has 2 fully saturated rings. The molecule has 274 valence electrons. The van der Waals surface area contributed by atoms with Crippen LogP contribution in [0.4, 0.5) is 10.1 Å². The monoisotopic (exact) mass is 740 g/mol. The Bertz CT molecular complexity index is 2650. The van der Waals surface area contributed by atoms with Crippen molar-refractivity contribution in [2.75, 3.05) is 4.90 Å². The topological polar surface area (TPSA) is 118 Å². The Morgan fingerprint density at radius 2 is 1.48 bits per heavy atom. The smallest absolute Gasteiger partial charge is 0.238 e. The number of phenols is 1. The normalized spacial score (nSPS) is 25.7. The van der Waals surface area contributed by atoms with Gasteiger partial charge in [0, 0.05) is 23.0 Å². The summed E-state index contributed by atoms with van der Waals surface area (Å²) in [6.07, 6.45) is 3.70. The van der Waals surface area contributed by atoms with Gasteiger partial charge in [0.15, 0.2) is 28.7 Å². The number of anilines is 1. The molecule has 6 aromatic rings. The first kappa shape index (κ1) is 33.8. The number of hydrogen-bond donors (Lipinski definition) is 1. The minimum absolute atomic E-state index is 0.122. The predicted octanol–water partition coefficient (Wildman–Crippen LogP) is 8.37. The SMILES string of the molecule is O=C1C(c2ccccc2)=CC(=O)[C@@]2(c3ccccc3)[C@@H](c3ccc(O)c(F)c3)C3=CC[C@@H]4C(=O)N(c5ccc(-c6nc7ccccc7o6)cc5)C(=O)[C@@H]4[C@@H]3C[C@@H]12. The Morgan fingerprint density at radius 1 is 0.768 bits per heavy atom. The van der Waals surface area contributed by atoms with Gasteiger partial charge >= 0.3 is 0 Å². The minimum atomic E-state index is -1.50. The number of nitrogens with zero attached hydrogens (tertiary/aromatic N) is 2. The molecule has 8 nitrogen and oxygen atoms in total. The Labute approximate surface area is 320 Å². The van der Waals surface area contributed by atoms with Crippen LogP contribution in [-0.2, 0) is 24.6 Å². The first-order chi connectivity index (χ1) is 27.3. The molecule has 1 N–H and O–H groups in total. The molecule has 2 heterocycles. The van der Waals surface area contributed by atoms with Crippen molar-refractivity contribution in [1.29, 1.82) is 0 Å². The van der Waals surface area contributed by atoms with Crippen LogP contribution in [-0.4, -0.2) is 33.5 Å². The number of carbonyl (C=O) groups excluding carboxylic acids is 4. The van der Waals surface area contributed by atoms with Crippen molar-refractivity contribution in [2.24, 2.45) is 23.7 Å². The zero-order chi connectivity index (χ0) is 38.3. The predicted molar refractivity (Wildman–Crippen MR) is 207 cm³/mol. The van der Waals surface area contributed by atoms with Crippen molar-refractivity contribution in [3.8, 4) is 17.2 Å². The summed E-state index contributed by atoms with van der Waals surface area (Å²) < 4.78 is 21.3. The number of Topliss-reactive ketones (excluding diaryl/α,β-unsaturated/α-hetero) is 1. The number of benzene rings is 5. The van der Waals surface area contributed by atoms with Crippen molar-refractivity contribution in [2.45, 2.75) is 24.2 Å². The number of carbonyl (C=O) groups is 4. The lowest BCUT2D eigenvalue weighted by atomic mass is 9.44. The van der Waals surface area contributed by atoms with Gasteiger partial charge in [0.25, 0.3) is 0 Å². The lowest BCUT2D eigenvalue weighted by molar-refractivity contribution is -0.135. The van der Waals surface area contributed by atoms with Gasteiger partial charge in [0.1, 0.15) is 5.52 Å². The second kappa shape index (κ2) is 12.7. The van der Waals surface area contributed by atoms with Gasteiger partial charge in [-0.1, -0.05) is 90.5 Å². The highest BCUT2D eigenvalue weighted by atomic mass is 19.1. The molecule has 1 aromatic heterocycles. The van der Waals surface area contributed by atoms with Crippen LogP contribution in [0.3, 0.4) is 0 Å². The number of phenolic OH excluding ortho intramolecular Hbond substituents is 1. The summed E-state index contributed by atoms with van der Waals surface area (Å²) in [5, 5.41) is 10.3. The summed E-state index contributed by atoms with van der Waals surface area (Å²) in [6, 6.07) is 36.6. The van der Waals surface area contributed by atoms with Crippen LogP contribution in [0.5, 0.6) is 5.75 Å². The van der Waals surface area contributed by atoms with Gasteiger partial charge in [0.05, 0.1) is 22.9 Å². The van der Waals surface area contributed by atoms with Crippen LogP contribution in [0.2, 0.25) is 0 Å². The van der Waals surface area contributed by atoms with Gasteiger partial charge in [0.2, 0.25) is 17.7 Å². The maximum Gasteiger partial charge on any atom is 0.238 e. The van der Waals surface area contributed by atoms with Crippen LogP contribution < -0.4 is 4.90 Å². The second-order valence-corrected chi connectivity index (χ2v) is 15.0. The quantitative estimate of drug-likeness (QED) is 0.139. The average molecular weight is 741 g/mol. The first-order valence-corrected chi connectivity index (χ1v) is 18.7. The highest BCUT2D eigenvalue weighted by molar-refractivity contribution is 6.32. The minimum Gasteiger partial charge on any atom is -0.505 e. The number of allylic oxidation sites excluding steroid dienone is 4. The molecule has 6 atom stereocenters. The van der Waals surface area contributed by atoms with E-state index in [0.29, 0.717) is 50.5 Å². The highest BCUT2D eigenvalue weighted by Gasteiger charge is 2.66. The van der Waals surface area contributed by atoms with Gasteiger partial charge in [-0.2, -0.15) is 0 Å². The molecular weight excluding hydrogens is 708 g/mol. The van der Waals surface area contributed by atoms with Crippen molar-refractivity contribution >= 4 is 45.7 Å². The van der Waals surface area contributed by atoms with E-state index in [2.05, 4.69) is 4.98 Å². The summed E-state index contributed by atoms with van der Waals surface area (Å²) in [7, 11) is 0.